The molecule has 214 valence electrons. The summed E-state index contributed by atoms with van der Waals surface area (Å²) < 4.78 is 34.0. The highest BCUT2D eigenvalue weighted by molar-refractivity contribution is 5.79. The van der Waals surface area contributed by atoms with Crippen molar-refractivity contribution in [2.75, 3.05) is 37.7 Å². The summed E-state index contributed by atoms with van der Waals surface area (Å²) in [6, 6.07) is 5.24. The third kappa shape index (κ3) is 5.96. The van der Waals surface area contributed by atoms with Gasteiger partial charge in [0, 0.05) is 44.1 Å². The molecule has 2 fully saturated rings. The summed E-state index contributed by atoms with van der Waals surface area (Å²) in [4.78, 5) is 21.2. The Morgan fingerprint density at radius 1 is 1.10 bits per heavy atom. The number of amides is 1. The van der Waals surface area contributed by atoms with Crippen LogP contribution in [0.5, 0.6) is 5.75 Å². The Labute approximate surface area is 232 Å². The van der Waals surface area contributed by atoms with E-state index in [1.807, 2.05) is 13.8 Å². The number of piperidine rings is 1. The van der Waals surface area contributed by atoms with E-state index in [4.69, 9.17) is 14.0 Å². The van der Waals surface area contributed by atoms with Crippen molar-refractivity contribution in [3.8, 4) is 5.75 Å². The standard InChI is InChI=1S/C28H36FN7O4/c1-18(2)26-30-28(40-33-26)34-9-7-21(8-10-34)38-13-14-39-22-6-5-20(23(29)16-22)15-25(37)35-11-12-36-24(17-35)31-32-27(36)19-3-4-19/h5-6,16,18-19,21H,3-4,7-15,17H2,1-2H3. The van der Waals surface area contributed by atoms with Crippen molar-refractivity contribution in [1.29, 1.82) is 0 Å². The predicted molar refractivity (Wildman–Crippen MR) is 143 cm³/mol. The van der Waals surface area contributed by atoms with E-state index >= 15 is 0 Å². The molecule has 0 bridgehead atoms. The van der Waals surface area contributed by atoms with Gasteiger partial charge >= 0.3 is 6.01 Å². The molecule has 0 atom stereocenters. The van der Waals surface area contributed by atoms with E-state index < -0.39 is 5.82 Å². The van der Waals surface area contributed by atoms with Crippen LogP contribution in [0.25, 0.3) is 0 Å². The van der Waals surface area contributed by atoms with Gasteiger partial charge in [0.05, 0.1) is 25.7 Å². The van der Waals surface area contributed by atoms with Gasteiger partial charge in [0.2, 0.25) is 5.91 Å². The second-order valence-electron chi connectivity index (χ2n) is 11.1. The molecule has 1 aliphatic carbocycles. The van der Waals surface area contributed by atoms with Crippen LogP contribution >= 0.6 is 0 Å². The maximum absolute atomic E-state index is 14.8. The zero-order valence-corrected chi connectivity index (χ0v) is 23.1. The van der Waals surface area contributed by atoms with Crippen molar-refractivity contribution in [1.82, 2.24) is 29.8 Å². The highest BCUT2D eigenvalue weighted by atomic mass is 19.1. The molecule has 0 radical (unpaired) electrons. The van der Waals surface area contributed by atoms with Gasteiger partial charge < -0.3 is 28.4 Å². The van der Waals surface area contributed by atoms with E-state index in [2.05, 4.69) is 29.8 Å². The number of halogens is 1. The van der Waals surface area contributed by atoms with Crippen LogP contribution in [-0.2, 0) is 29.0 Å². The molecule has 3 aromatic rings. The van der Waals surface area contributed by atoms with E-state index in [0.717, 1.165) is 56.2 Å². The summed E-state index contributed by atoms with van der Waals surface area (Å²) in [5, 5.41) is 12.6. The number of aromatic nitrogens is 5. The molecule has 6 rings (SSSR count). The minimum absolute atomic E-state index is 0.0000873. The summed E-state index contributed by atoms with van der Waals surface area (Å²) in [6.45, 7) is 8.06. The summed E-state index contributed by atoms with van der Waals surface area (Å²) in [7, 11) is 0. The van der Waals surface area contributed by atoms with E-state index in [-0.39, 0.29) is 24.3 Å². The van der Waals surface area contributed by atoms with Crippen LogP contribution < -0.4 is 9.64 Å². The van der Waals surface area contributed by atoms with Crippen LogP contribution in [-0.4, -0.2) is 74.7 Å². The summed E-state index contributed by atoms with van der Waals surface area (Å²) in [6.07, 6.45) is 4.16. The fourth-order valence-corrected chi connectivity index (χ4v) is 5.25. The number of carbonyl (C=O) groups excluding carboxylic acids is 1. The molecule has 1 amide bonds. The molecular formula is C28H36FN7O4. The number of fused-ring (bicyclic) bond motifs is 1. The molecule has 3 aliphatic rings. The lowest BCUT2D eigenvalue weighted by Crippen LogP contribution is -2.39. The van der Waals surface area contributed by atoms with Gasteiger partial charge in [-0.25, -0.2) is 4.39 Å². The maximum atomic E-state index is 14.8. The highest BCUT2D eigenvalue weighted by Gasteiger charge is 2.33. The van der Waals surface area contributed by atoms with Crippen LogP contribution in [0, 0.1) is 5.82 Å². The number of carbonyl (C=O) groups is 1. The van der Waals surface area contributed by atoms with Crippen molar-refractivity contribution in [2.45, 2.75) is 77.0 Å². The van der Waals surface area contributed by atoms with E-state index in [0.29, 0.717) is 56.1 Å². The Morgan fingerprint density at radius 2 is 1.93 bits per heavy atom. The molecule has 2 aromatic heterocycles. The molecule has 2 aliphatic heterocycles. The fourth-order valence-electron chi connectivity index (χ4n) is 5.25. The average Bonchev–Trinajstić information content (AvgIpc) is 3.51. The number of rotatable bonds is 10. The lowest BCUT2D eigenvalue weighted by atomic mass is 10.1. The largest absolute Gasteiger partial charge is 0.491 e. The van der Waals surface area contributed by atoms with Gasteiger partial charge in [0.15, 0.2) is 11.6 Å². The Kier molecular flexibility index (Phi) is 7.68. The molecule has 11 nitrogen and oxygen atoms in total. The molecule has 12 heteroatoms. The van der Waals surface area contributed by atoms with Crippen molar-refractivity contribution in [3.63, 3.8) is 0 Å². The number of nitrogens with zero attached hydrogens (tertiary/aromatic N) is 7. The topological polar surface area (TPSA) is 112 Å². The molecule has 0 unspecified atom stereocenters. The van der Waals surface area contributed by atoms with Crippen LogP contribution in [0.15, 0.2) is 22.7 Å². The monoisotopic (exact) mass is 553 g/mol. The summed E-state index contributed by atoms with van der Waals surface area (Å²) in [5.74, 6) is 3.18. The first-order valence-corrected chi connectivity index (χ1v) is 14.3. The van der Waals surface area contributed by atoms with Crippen molar-refractivity contribution < 1.29 is 23.2 Å². The second-order valence-corrected chi connectivity index (χ2v) is 11.1. The summed E-state index contributed by atoms with van der Waals surface area (Å²) in [5.41, 5.74) is 0.354. The van der Waals surface area contributed by atoms with Crippen LogP contribution in [0.4, 0.5) is 10.4 Å². The highest BCUT2D eigenvalue weighted by Crippen LogP contribution is 2.39. The third-order valence-electron chi connectivity index (χ3n) is 7.81. The molecule has 4 heterocycles. The summed E-state index contributed by atoms with van der Waals surface area (Å²) >= 11 is 0. The van der Waals surface area contributed by atoms with Gasteiger partial charge in [-0.1, -0.05) is 25.1 Å². The minimum Gasteiger partial charge on any atom is -0.491 e. The van der Waals surface area contributed by atoms with Gasteiger partial charge in [0.1, 0.15) is 24.0 Å². The quantitative estimate of drug-likeness (QED) is 0.349. The Hall–Kier alpha value is -3.54. The Bertz CT molecular complexity index is 1330. The molecular weight excluding hydrogens is 517 g/mol. The van der Waals surface area contributed by atoms with Crippen LogP contribution in [0.2, 0.25) is 0 Å². The Morgan fingerprint density at radius 3 is 2.65 bits per heavy atom. The molecule has 40 heavy (non-hydrogen) atoms. The first-order chi connectivity index (χ1) is 19.4. The maximum Gasteiger partial charge on any atom is 0.324 e. The number of hydrogen-bond acceptors (Lipinski definition) is 9. The fraction of sp³-hybridized carbons (Fsp3) is 0.607. The van der Waals surface area contributed by atoms with Crippen LogP contribution in [0.3, 0.4) is 0 Å². The lowest BCUT2D eigenvalue weighted by molar-refractivity contribution is -0.132. The molecule has 0 spiro atoms. The van der Waals surface area contributed by atoms with Gasteiger partial charge in [0.25, 0.3) is 0 Å². The average molecular weight is 554 g/mol. The van der Waals surface area contributed by atoms with Gasteiger partial charge in [-0.05, 0) is 37.3 Å². The van der Waals surface area contributed by atoms with Crippen molar-refractivity contribution in [2.24, 2.45) is 0 Å². The van der Waals surface area contributed by atoms with Gasteiger partial charge in [-0.3, -0.25) is 4.79 Å². The smallest absolute Gasteiger partial charge is 0.324 e. The number of hydrogen-bond donors (Lipinski definition) is 0. The molecule has 1 saturated heterocycles. The third-order valence-corrected chi connectivity index (χ3v) is 7.81. The van der Waals surface area contributed by atoms with Gasteiger partial charge in [-0.2, -0.15) is 4.98 Å². The Balaban J connectivity index is 0.916. The molecule has 1 saturated carbocycles. The zero-order chi connectivity index (χ0) is 27.6. The van der Waals surface area contributed by atoms with Crippen molar-refractivity contribution >= 4 is 11.9 Å². The number of ether oxygens (including phenoxy) is 2. The normalized spacial score (nSPS) is 17.9. The molecule has 1 aromatic carbocycles. The van der Waals surface area contributed by atoms with E-state index in [1.54, 1.807) is 17.0 Å². The number of benzene rings is 1. The zero-order valence-electron chi connectivity index (χ0n) is 23.1. The molecule has 0 N–H and O–H groups in total. The first kappa shape index (κ1) is 26.7. The van der Waals surface area contributed by atoms with Crippen LogP contribution in [0.1, 0.15) is 74.4 Å². The predicted octanol–water partition coefficient (Wildman–Crippen LogP) is 3.45. The first-order valence-electron chi connectivity index (χ1n) is 14.3. The van der Waals surface area contributed by atoms with Gasteiger partial charge in [-0.15, -0.1) is 10.2 Å². The van der Waals surface area contributed by atoms with Crippen molar-refractivity contribution in [3.05, 3.63) is 47.1 Å². The SMILES string of the molecule is CC(C)c1noc(N2CCC(OCCOc3ccc(CC(=O)N4CCn5c(nnc5C5CC5)C4)c(F)c3)CC2)n1. The lowest BCUT2D eigenvalue weighted by Gasteiger charge is -2.30. The van der Waals surface area contributed by atoms with E-state index in [1.165, 1.54) is 6.07 Å². The number of anilines is 1. The minimum atomic E-state index is -0.447. The van der Waals surface area contributed by atoms with E-state index in [9.17, 15) is 9.18 Å². The second kappa shape index (κ2) is 11.5.